The molecule has 1 unspecified atom stereocenters. The van der Waals surface area contributed by atoms with E-state index in [1.807, 2.05) is 30.3 Å². The highest BCUT2D eigenvalue weighted by Gasteiger charge is 2.16. The maximum absolute atomic E-state index is 10.0. The maximum atomic E-state index is 10.0. The van der Waals surface area contributed by atoms with Crippen molar-refractivity contribution >= 4 is 11.6 Å². The number of aliphatic hydroxyl groups excluding tert-OH is 1. The molecule has 0 spiro atoms. The molecule has 0 bridgehead atoms. The molecular formula is C13H15ClN2O2. The lowest BCUT2D eigenvalue weighted by molar-refractivity contribution is 0.133. The first-order chi connectivity index (χ1) is 8.68. The van der Waals surface area contributed by atoms with E-state index >= 15 is 0 Å². The summed E-state index contributed by atoms with van der Waals surface area (Å²) in [6.07, 6.45) is 1.32. The molecule has 1 aromatic heterocycles. The Morgan fingerprint density at radius 2 is 2.11 bits per heavy atom. The van der Waals surface area contributed by atoms with Gasteiger partial charge in [0, 0.05) is 13.5 Å². The van der Waals surface area contributed by atoms with Gasteiger partial charge in [0.15, 0.2) is 0 Å². The van der Waals surface area contributed by atoms with Crippen LogP contribution in [0.2, 0.25) is 5.02 Å². The Balaban J connectivity index is 1.88. The van der Waals surface area contributed by atoms with Crippen LogP contribution in [-0.4, -0.2) is 21.5 Å². The molecule has 1 N–H and O–H groups in total. The van der Waals surface area contributed by atoms with E-state index in [4.69, 9.17) is 16.3 Å². The number of halogens is 1. The van der Waals surface area contributed by atoms with Gasteiger partial charge in [0.05, 0.1) is 23.5 Å². The summed E-state index contributed by atoms with van der Waals surface area (Å²) in [7, 11) is 1.75. The van der Waals surface area contributed by atoms with Crippen LogP contribution in [0.3, 0.4) is 0 Å². The molecule has 96 valence electrons. The molecule has 18 heavy (non-hydrogen) atoms. The number of hydrogen-bond acceptors (Lipinski definition) is 3. The highest BCUT2D eigenvalue weighted by atomic mass is 35.5. The number of aliphatic hydroxyl groups is 1. The van der Waals surface area contributed by atoms with Crippen molar-refractivity contribution in [3.8, 4) is 5.75 Å². The molecular weight excluding hydrogens is 252 g/mol. The average Bonchev–Trinajstić information content (AvgIpc) is 2.70. The van der Waals surface area contributed by atoms with Crippen LogP contribution in [0, 0.1) is 0 Å². The molecule has 0 radical (unpaired) electrons. The molecule has 2 rings (SSSR count). The molecule has 0 aliphatic carbocycles. The second-order valence-corrected chi connectivity index (χ2v) is 4.37. The molecule has 0 saturated heterocycles. The van der Waals surface area contributed by atoms with Crippen molar-refractivity contribution in [1.82, 2.24) is 9.78 Å². The molecule has 5 heteroatoms. The van der Waals surface area contributed by atoms with Crippen molar-refractivity contribution in [2.45, 2.75) is 12.5 Å². The van der Waals surface area contributed by atoms with Crippen molar-refractivity contribution in [2.75, 3.05) is 6.61 Å². The molecule has 1 aromatic carbocycles. The average molecular weight is 267 g/mol. The van der Waals surface area contributed by atoms with Gasteiger partial charge in [-0.25, -0.2) is 0 Å². The lowest BCUT2D eigenvalue weighted by Crippen LogP contribution is -2.10. The second kappa shape index (κ2) is 5.89. The summed E-state index contributed by atoms with van der Waals surface area (Å²) in [5, 5.41) is 14.5. The predicted molar refractivity (Wildman–Crippen MR) is 69.7 cm³/mol. The quantitative estimate of drug-likeness (QED) is 0.905. The van der Waals surface area contributed by atoms with Gasteiger partial charge >= 0.3 is 0 Å². The number of aromatic nitrogens is 2. The summed E-state index contributed by atoms with van der Waals surface area (Å²) in [5.41, 5.74) is 0.619. The molecule has 2 aromatic rings. The van der Waals surface area contributed by atoms with Gasteiger partial charge in [-0.1, -0.05) is 29.8 Å². The van der Waals surface area contributed by atoms with Crippen molar-refractivity contribution in [3.05, 3.63) is 47.2 Å². The normalized spacial score (nSPS) is 12.4. The summed E-state index contributed by atoms with van der Waals surface area (Å²) < 4.78 is 7.10. The van der Waals surface area contributed by atoms with Gasteiger partial charge in [0.1, 0.15) is 11.9 Å². The topological polar surface area (TPSA) is 47.3 Å². The van der Waals surface area contributed by atoms with Gasteiger partial charge < -0.3 is 9.84 Å². The zero-order valence-corrected chi connectivity index (χ0v) is 10.8. The number of nitrogens with zero attached hydrogens (tertiary/aromatic N) is 2. The van der Waals surface area contributed by atoms with Crippen LogP contribution < -0.4 is 4.74 Å². The number of hydrogen-bond donors (Lipinski definition) is 1. The molecule has 0 aliphatic rings. The Morgan fingerprint density at radius 3 is 2.72 bits per heavy atom. The molecule has 4 nitrogen and oxygen atoms in total. The third-order valence-electron chi connectivity index (χ3n) is 2.66. The van der Waals surface area contributed by atoms with E-state index in [0.717, 1.165) is 5.75 Å². The van der Waals surface area contributed by atoms with E-state index in [0.29, 0.717) is 23.7 Å². The van der Waals surface area contributed by atoms with Gasteiger partial charge in [-0.15, -0.1) is 0 Å². The van der Waals surface area contributed by atoms with Gasteiger partial charge in [-0.2, -0.15) is 5.10 Å². The minimum absolute atomic E-state index is 0.423. The zero-order valence-electron chi connectivity index (χ0n) is 10.1. The van der Waals surface area contributed by atoms with Crippen LogP contribution in [-0.2, 0) is 7.05 Å². The smallest absolute Gasteiger partial charge is 0.119 e. The van der Waals surface area contributed by atoms with E-state index in [1.165, 1.54) is 6.20 Å². The summed E-state index contributed by atoms with van der Waals surface area (Å²) in [6.45, 7) is 0.423. The largest absolute Gasteiger partial charge is 0.493 e. The van der Waals surface area contributed by atoms with E-state index in [1.54, 1.807) is 11.7 Å². The van der Waals surface area contributed by atoms with Crippen molar-refractivity contribution in [3.63, 3.8) is 0 Å². The Hall–Kier alpha value is -1.52. The maximum Gasteiger partial charge on any atom is 0.119 e. The Bertz CT molecular complexity index is 479. The molecule has 0 amide bonds. The van der Waals surface area contributed by atoms with Crippen LogP contribution in [0.25, 0.3) is 0 Å². The molecule has 0 fully saturated rings. The minimum Gasteiger partial charge on any atom is -0.493 e. The summed E-state index contributed by atoms with van der Waals surface area (Å²) in [6, 6.07) is 9.50. The van der Waals surface area contributed by atoms with E-state index in [9.17, 15) is 5.11 Å². The van der Waals surface area contributed by atoms with Gasteiger partial charge in [-0.05, 0) is 12.1 Å². The lowest BCUT2D eigenvalue weighted by Gasteiger charge is -2.12. The highest BCUT2D eigenvalue weighted by molar-refractivity contribution is 6.31. The van der Waals surface area contributed by atoms with Crippen molar-refractivity contribution in [1.29, 1.82) is 0 Å². The number of ether oxygens (including phenoxy) is 1. The molecule has 0 aliphatic heterocycles. The van der Waals surface area contributed by atoms with Crippen LogP contribution in [0.1, 0.15) is 18.2 Å². The lowest BCUT2D eigenvalue weighted by atomic mass is 10.2. The van der Waals surface area contributed by atoms with Gasteiger partial charge in [-0.3, -0.25) is 4.68 Å². The Kier molecular flexibility index (Phi) is 4.23. The van der Waals surface area contributed by atoms with E-state index in [2.05, 4.69) is 5.10 Å². The fourth-order valence-electron chi connectivity index (χ4n) is 1.74. The monoisotopic (exact) mass is 266 g/mol. The van der Waals surface area contributed by atoms with Crippen LogP contribution in [0.15, 0.2) is 36.5 Å². The summed E-state index contributed by atoms with van der Waals surface area (Å²) in [4.78, 5) is 0. The van der Waals surface area contributed by atoms with E-state index < -0.39 is 6.10 Å². The molecule has 1 heterocycles. The first kappa shape index (κ1) is 12.9. The number of rotatable bonds is 5. The van der Waals surface area contributed by atoms with Crippen LogP contribution >= 0.6 is 11.6 Å². The van der Waals surface area contributed by atoms with Crippen LogP contribution in [0.5, 0.6) is 5.75 Å². The Morgan fingerprint density at radius 1 is 1.39 bits per heavy atom. The van der Waals surface area contributed by atoms with Crippen molar-refractivity contribution < 1.29 is 9.84 Å². The van der Waals surface area contributed by atoms with Crippen LogP contribution in [0.4, 0.5) is 0 Å². The predicted octanol–water partition coefficient (Wildman–Crippen LogP) is 2.58. The third kappa shape index (κ3) is 3.03. The highest BCUT2D eigenvalue weighted by Crippen LogP contribution is 2.24. The molecule has 0 saturated carbocycles. The second-order valence-electron chi connectivity index (χ2n) is 3.97. The summed E-state index contributed by atoms with van der Waals surface area (Å²) >= 11 is 5.95. The number of para-hydroxylation sites is 1. The third-order valence-corrected chi connectivity index (χ3v) is 2.95. The first-order valence-corrected chi connectivity index (χ1v) is 6.09. The fourth-order valence-corrected chi connectivity index (χ4v) is 2.03. The standard InChI is InChI=1S/C13H15ClN2O2/c1-16-13(11(14)9-15-16)12(17)7-8-18-10-5-3-2-4-6-10/h2-6,9,12,17H,7-8H2,1H3. The van der Waals surface area contributed by atoms with Crippen molar-refractivity contribution in [2.24, 2.45) is 7.05 Å². The summed E-state index contributed by atoms with van der Waals surface area (Å²) in [5.74, 6) is 0.792. The number of benzene rings is 1. The molecule has 1 atom stereocenters. The minimum atomic E-state index is -0.672. The first-order valence-electron chi connectivity index (χ1n) is 5.72. The SMILES string of the molecule is Cn1ncc(Cl)c1C(O)CCOc1ccccc1. The van der Waals surface area contributed by atoms with E-state index in [-0.39, 0.29) is 0 Å². The van der Waals surface area contributed by atoms with Gasteiger partial charge in [0.25, 0.3) is 0 Å². The Labute approximate surface area is 111 Å². The fraction of sp³-hybridized carbons (Fsp3) is 0.308. The number of aryl methyl sites for hydroxylation is 1. The zero-order chi connectivity index (χ0) is 13.0. The van der Waals surface area contributed by atoms with Gasteiger partial charge in [0.2, 0.25) is 0 Å².